The first-order valence-electron chi connectivity index (χ1n) is 9.33. The molecule has 2 saturated heterocycles. The normalized spacial score (nSPS) is 17.1. The number of aromatic nitrogens is 3. The second-order valence-electron chi connectivity index (χ2n) is 6.84. The molecule has 0 amide bonds. The maximum atomic E-state index is 10.1. The van der Waals surface area contributed by atoms with E-state index < -0.39 is 0 Å². The van der Waals surface area contributed by atoms with Crippen LogP contribution in [0.3, 0.4) is 0 Å². The second-order valence-corrected chi connectivity index (χ2v) is 8.17. The second kappa shape index (κ2) is 8.48. The Hall–Kier alpha value is -2.13. The Morgan fingerprint density at radius 2 is 1.57 bits per heavy atom. The third-order valence-corrected chi connectivity index (χ3v) is 5.56. The molecule has 0 spiro atoms. The number of nitrogens with one attached hydrogen (secondary N) is 1. The number of hydrogen-bond acceptors (Lipinski definition) is 8. The summed E-state index contributed by atoms with van der Waals surface area (Å²) in [6.07, 6.45) is 6.08. The highest BCUT2D eigenvalue weighted by molar-refractivity contribution is 9.10. The number of hydrazone groups is 1. The Labute approximate surface area is 176 Å². The molecule has 8 nitrogen and oxygen atoms in total. The van der Waals surface area contributed by atoms with Crippen molar-refractivity contribution in [3.05, 3.63) is 27.2 Å². The van der Waals surface area contributed by atoms with Gasteiger partial charge in [-0.3, -0.25) is 0 Å². The third kappa shape index (κ3) is 4.30. The molecule has 0 radical (unpaired) electrons. The number of benzene rings is 1. The summed E-state index contributed by atoms with van der Waals surface area (Å²) in [6, 6.07) is 3.35. The maximum Gasteiger partial charge on any atom is 0.250 e. The van der Waals surface area contributed by atoms with Crippen molar-refractivity contribution in [1.82, 2.24) is 15.0 Å². The van der Waals surface area contributed by atoms with Gasteiger partial charge >= 0.3 is 0 Å². The van der Waals surface area contributed by atoms with Gasteiger partial charge in [0.1, 0.15) is 5.75 Å². The molecule has 2 aliphatic heterocycles. The molecule has 0 atom stereocenters. The first kappa shape index (κ1) is 19.2. The molecule has 2 aromatic rings. The molecule has 148 valence electrons. The van der Waals surface area contributed by atoms with Crippen molar-refractivity contribution in [1.29, 1.82) is 0 Å². The van der Waals surface area contributed by atoms with Gasteiger partial charge < -0.3 is 14.9 Å². The lowest BCUT2D eigenvalue weighted by atomic mass is 10.2. The van der Waals surface area contributed by atoms with E-state index in [-0.39, 0.29) is 10.8 Å². The van der Waals surface area contributed by atoms with Crippen LogP contribution in [-0.2, 0) is 0 Å². The molecule has 0 aliphatic carbocycles. The lowest BCUT2D eigenvalue weighted by molar-refractivity contribution is 0.474. The van der Waals surface area contributed by atoms with Crippen molar-refractivity contribution in [3.63, 3.8) is 0 Å². The van der Waals surface area contributed by atoms with E-state index in [1.807, 2.05) is 0 Å². The van der Waals surface area contributed by atoms with Crippen molar-refractivity contribution in [2.24, 2.45) is 5.10 Å². The van der Waals surface area contributed by atoms with E-state index in [1.165, 1.54) is 6.21 Å². The van der Waals surface area contributed by atoms with Gasteiger partial charge in [-0.25, -0.2) is 5.43 Å². The number of phenolic OH excluding ortho intramolecular Hbond substituents is 1. The van der Waals surface area contributed by atoms with Crippen LogP contribution in [0.15, 0.2) is 21.7 Å². The summed E-state index contributed by atoms with van der Waals surface area (Å²) in [5.41, 5.74) is 3.36. The van der Waals surface area contributed by atoms with E-state index >= 15 is 0 Å². The predicted molar refractivity (Wildman–Crippen MR) is 115 cm³/mol. The average molecular weight is 467 g/mol. The van der Waals surface area contributed by atoms with E-state index in [1.54, 1.807) is 12.1 Å². The van der Waals surface area contributed by atoms with Crippen molar-refractivity contribution < 1.29 is 5.11 Å². The Bertz CT molecular complexity index is 848. The molecule has 1 aromatic carbocycles. The van der Waals surface area contributed by atoms with Gasteiger partial charge in [-0.2, -0.15) is 20.1 Å². The molecule has 1 aromatic heterocycles. The number of rotatable bonds is 5. The largest absolute Gasteiger partial charge is 0.506 e. The van der Waals surface area contributed by atoms with Crippen molar-refractivity contribution in [2.75, 3.05) is 41.4 Å². The first-order valence-corrected chi connectivity index (χ1v) is 10.5. The van der Waals surface area contributed by atoms with Crippen LogP contribution < -0.4 is 15.2 Å². The summed E-state index contributed by atoms with van der Waals surface area (Å²) < 4.78 is 0.754. The molecule has 10 heteroatoms. The Morgan fingerprint density at radius 3 is 2.14 bits per heavy atom. The summed E-state index contributed by atoms with van der Waals surface area (Å²) in [5, 5.41) is 14.5. The van der Waals surface area contributed by atoms with Crippen LogP contribution in [0.1, 0.15) is 31.2 Å². The van der Waals surface area contributed by atoms with E-state index in [4.69, 9.17) is 11.6 Å². The minimum Gasteiger partial charge on any atom is -0.506 e. The van der Waals surface area contributed by atoms with Crippen LogP contribution in [0.2, 0.25) is 5.02 Å². The number of phenols is 1. The topological polar surface area (TPSA) is 89.8 Å². The highest BCUT2D eigenvalue weighted by atomic mass is 79.9. The molecule has 2 fully saturated rings. The summed E-state index contributed by atoms with van der Waals surface area (Å²) in [6.45, 7) is 3.82. The van der Waals surface area contributed by atoms with Crippen LogP contribution in [0.5, 0.6) is 5.75 Å². The molecular formula is C18H21BrClN7O. The summed E-state index contributed by atoms with van der Waals surface area (Å²) in [5.74, 6) is 1.72. The van der Waals surface area contributed by atoms with Crippen molar-refractivity contribution in [2.45, 2.75) is 25.7 Å². The fourth-order valence-corrected chi connectivity index (χ4v) is 4.20. The fourth-order valence-electron chi connectivity index (χ4n) is 3.36. The summed E-state index contributed by atoms with van der Waals surface area (Å²) in [4.78, 5) is 18.1. The van der Waals surface area contributed by atoms with Crippen LogP contribution in [0.25, 0.3) is 0 Å². The van der Waals surface area contributed by atoms with Gasteiger partial charge in [0.25, 0.3) is 0 Å². The van der Waals surface area contributed by atoms with Gasteiger partial charge in [0.05, 0.1) is 11.2 Å². The SMILES string of the molecule is Oc1c(Cl)cc(Br)cc1C=NNc1nc(N2CCCC2)nc(N2CCCC2)n1. The van der Waals surface area contributed by atoms with Crippen LogP contribution >= 0.6 is 27.5 Å². The summed E-state index contributed by atoms with van der Waals surface area (Å²) in [7, 11) is 0. The van der Waals surface area contributed by atoms with Gasteiger partial charge in [-0.1, -0.05) is 27.5 Å². The fraction of sp³-hybridized carbons (Fsp3) is 0.444. The zero-order valence-electron chi connectivity index (χ0n) is 15.3. The molecule has 0 saturated carbocycles. The standard InChI is InChI=1S/C18H21BrClN7O/c19-13-9-12(15(28)14(20)10-13)11-21-25-16-22-17(26-5-1-2-6-26)24-18(23-16)27-7-3-4-8-27/h9-11,28H,1-8H2,(H,22,23,24,25). The number of nitrogens with zero attached hydrogens (tertiary/aromatic N) is 6. The van der Waals surface area contributed by atoms with Crippen molar-refractivity contribution >= 4 is 51.6 Å². The lowest BCUT2D eigenvalue weighted by Gasteiger charge is -2.20. The molecule has 4 rings (SSSR count). The third-order valence-electron chi connectivity index (χ3n) is 4.82. The predicted octanol–water partition coefficient (Wildman–Crippen LogP) is 3.64. The first-order chi connectivity index (χ1) is 13.6. The zero-order chi connectivity index (χ0) is 19.5. The molecule has 0 bridgehead atoms. The summed E-state index contributed by atoms with van der Waals surface area (Å²) >= 11 is 9.35. The Morgan fingerprint density at radius 1 is 1.00 bits per heavy atom. The smallest absolute Gasteiger partial charge is 0.250 e. The number of halogens is 2. The zero-order valence-corrected chi connectivity index (χ0v) is 17.6. The molecule has 2 N–H and O–H groups in total. The number of anilines is 3. The minimum atomic E-state index is -0.0263. The van der Waals surface area contributed by atoms with Gasteiger partial charge in [0.2, 0.25) is 17.8 Å². The lowest BCUT2D eigenvalue weighted by Crippen LogP contribution is -2.25. The van der Waals surface area contributed by atoms with E-state index in [9.17, 15) is 5.11 Å². The van der Waals surface area contributed by atoms with Crippen LogP contribution in [0, 0.1) is 0 Å². The highest BCUT2D eigenvalue weighted by Gasteiger charge is 2.21. The Balaban J connectivity index is 1.58. The average Bonchev–Trinajstić information content (AvgIpc) is 3.39. The molecule has 3 heterocycles. The van der Waals surface area contributed by atoms with Gasteiger partial charge in [-0.15, -0.1) is 0 Å². The van der Waals surface area contributed by atoms with Crippen LogP contribution in [-0.4, -0.2) is 52.5 Å². The van der Waals surface area contributed by atoms with Gasteiger partial charge in [-0.05, 0) is 37.8 Å². The van der Waals surface area contributed by atoms with Crippen molar-refractivity contribution in [3.8, 4) is 5.75 Å². The quantitative estimate of drug-likeness (QED) is 0.513. The number of aromatic hydroxyl groups is 1. The molecule has 0 unspecified atom stereocenters. The molecular weight excluding hydrogens is 446 g/mol. The molecule has 28 heavy (non-hydrogen) atoms. The van der Waals surface area contributed by atoms with Gasteiger partial charge in [0, 0.05) is 36.2 Å². The van der Waals surface area contributed by atoms with E-state index in [0.717, 1.165) is 56.3 Å². The van der Waals surface area contributed by atoms with Gasteiger partial charge in [0.15, 0.2) is 0 Å². The Kier molecular flexibility index (Phi) is 5.82. The van der Waals surface area contributed by atoms with Crippen LogP contribution in [0.4, 0.5) is 17.8 Å². The van der Waals surface area contributed by atoms with E-state index in [2.05, 4.69) is 51.2 Å². The minimum absolute atomic E-state index is 0.0263. The number of hydrogen-bond donors (Lipinski definition) is 2. The maximum absolute atomic E-state index is 10.1. The monoisotopic (exact) mass is 465 g/mol. The van der Waals surface area contributed by atoms with E-state index in [0.29, 0.717) is 23.4 Å². The molecule has 2 aliphatic rings. The highest BCUT2D eigenvalue weighted by Crippen LogP contribution is 2.30.